The SMILES string of the molecule is CC(C)c1ccccc1Nc1nncc(N2CCN(C=O)CC2)n1. The highest BCUT2D eigenvalue weighted by Gasteiger charge is 2.18. The van der Waals surface area contributed by atoms with Gasteiger partial charge in [0.05, 0.1) is 6.20 Å². The summed E-state index contributed by atoms with van der Waals surface area (Å²) in [7, 11) is 0. The molecule has 0 atom stereocenters. The molecule has 1 fully saturated rings. The summed E-state index contributed by atoms with van der Waals surface area (Å²) in [5.74, 6) is 1.67. The van der Waals surface area contributed by atoms with Crippen LogP contribution in [0, 0.1) is 0 Å². The summed E-state index contributed by atoms with van der Waals surface area (Å²) in [6.07, 6.45) is 2.56. The minimum Gasteiger partial charge on any atom is -0.352 e. The lowest BCUT2D eigenvalue weighted by Gasteiger charge is -2.33. The number of carbonyl (C=O) groups excluding carboxylic acids is 1. The van der Waals surface area contributed by atoms with Crippen LogP contribution in [0.2, 0.25) is 0 Å². The Morgan fingerprint density at radius 3 is 2.62 bits per heavy atom. The molecule has 0 aliphatic carbocycles. The van der Waals surface area contributed by atoms with Crippen LogP contribution >= 0.6 is 0 Å². The third-order valence-electron chi connectivity index (χ3n) is 4.16. The molecule has 7 nitrogen and oxygen atoms in total. The van der Waals surface area contributed by atoms with Gasteiger partial charge in [-0.25, -0.2) is 0 Å². The fourth-order valence-corrected chi connectivity index (χ4v) is 2.79. The van der Waals surface area contributed by atoms with Crippen molar-refractivity contribution >= 4 is 23.9 Å². The first kappa shape index (κ1) is 16.2. The molecular weight excluding hydrogens is 304 g/mol. The summed E-state index contributed by atoms with van der Waals surface area (Å²) in [6.45, 7) is 7.21. The highest BCUT2D eigenvalue weighted by Crippen LogP contribution is 2.26. The summed E-state index contributed by atoms with van der Waals surface area (Å²) < 4.78 is 0. The second-order valence-corrected chi connectivity index (χ2v) is 6.13. The Morgan fingerprint density at radius 1 is 1.17 bits per heavy atom. The molecule has 0 saturated carbocycles. The molecule has 24 heavy (non-hydrogen) atoms. The fraction of sp³-hybridized carbons (Fsp3) is 0.412. The molecule has 126 valence electrons. The maximum absolute atomic E-state index is 10.8. The topological polar surface area (TPSA) is 74.2 Å². The van der Waals surface area contributed by atoms with Gasteiger partial charge in [-0.1, -0.05) is 32.0 Å². The van der Waals surface area contributed by atoms with Crippen LogP contribution in [0.1, 0.15) is 25.3 Å². The average molecular weight is 326 g/mol. The Morgan fingerprint density at radius 2 is 1.92 bits per heavy atom. The van der Waals surface area contributed by atoms with Gasteiger partial charge in [0, 0.05) is 31.9 Å². The number of para-hydroxylation sites is 1. The quantitative estimate of drug-likeness (QED) is 0.847. The van der Waals surface area contributed by atoms with Crippen molar-refractivity contribution in [3.8, 4) is 0 Å². The van der Waals surface area contributed by atoms with Crippen LogP contribution in [0.4, 0.5) is 17.5 Å². The molecule has 2 heterocycles. The van der Waals surface area contributed by atoms with Crippen molar-refractivity contribution in [1.82, 2.24) is 20.1 Å². The minimum absolute atomic E-state index is 0.404. The molecule has 0 unspecified atom stereocenters. The van der Waals surface area contributed by atoms with E-state index in [9.17, 15) is 4.79 Å². The molecule has 3 rings (SSSR count). The number of aromatic nitrogens is 3. The Labute approximate surface area is 141 Å². The van der Waals surface area contributed by atoms with E-state index in [-0.39, 0.29) is 0 Å². The normalized spacial score (nSPS) is 14.8. The van der Waals surface area contributed by atoms with Crippen LogP contribution in [0.15, 0.2) is 30.5 Å². The summed E-state index contributed by atoms with van der Waals surface area (Å²) in [5.41, 5.74) is 2.21. The molecule has 1 aliphatic heterocycles. The van der Waals surface area contributed by atoms with E-state index in [0.29, 0.717) is 25.0 Å². The molecule has 0 bridgehead atoms. The van der Waals surface area contributed by atoms with Crippen LogP contribution in [-0.2, 0) is 4.79 Å². The predicted octanol–water partition coefficient (Wildman–Crippen LogP) is 2.02. The lowest BCUT2D eigenvalue weighted by Crippen LogP contribution is -2.46. The lowest BCUT2D eigenvalue weighted by molar-refractivity contribution is -0.118. The number of anilines is 3. The van der Waals surface area contributed by atoms with Crippen molar-refractivity contribution in [2.45, 2.75) is 19.8 Å². The molecule has 1 aromatic carbocycles. The van der Waals surface area contributed by atoms with Crippen molar-refractivity contribution in [3.05, 3.63) is 36.0 Å². The van der Waals surface area contributed by atoms with Crippen molar-refractivity contribution in [1.29, 1.82) is 0 Å². The van der Waals surface area contributed by atoms with Crippen LogP contribution in [0.5, 0.6) is 0 Å². The van der Waals surface area contributed by atoms with Gasteiger partial charge in [-0.2, -0.15) is 10.1 Å². The minimum atomic E-state index is 0.404. The number of rotatable bonds is 5. The maximum Gasteiger partial charge on any atom is 0.249 e. The number of hydrogen-bond donors (Lipinski definition) is 1. The highest BCUT2D eigenvalue weighted by atomic mass is 16.1. The van der Waals surface area contributed by atoms with Crippen LogP contribution in [0.25, 0.3) is 0 Å². The molecule has 0 spiro atoms. The van der Waals surface area contributed by atoms with Gasteiger partial charge in [-0.05, 0) is 17.5 Å². The second kappa shape index (κ2) is 7.25. The Bertz CT molecular complexity index is 697. The zero-order valence-electron chi connectivity index (χ0n) is 14.0. The third-order valence-corrected chi connectivity index (χ3v) is 4.16. The van der Waals surface area contributed by atoms with E-state index < -0.39 is 0 Å². The van der Waals surface area contributed by atoms with Crippen molar-refractivity contribution in [2.24, 2.45) is 0 Å². The van der Waals surface area contributed by atoms with E-state index >= 15 is 0 Å². The number of carbonyl (C=O) groups is 1. The zero-order valence-corrected chi connectivity index (χ0v) is 14.0. The summed E-state index contributed by atoms with van der Waals surface area (Å²) in [4.78, 5) is 19.3. The molecule has 1 N–H and O–H groups in total. The summed E-state index contributed by atoms with van der Waals surface area (Å²) >= 11 is 0. The standard InChI is InChI=1S/C17H22N6O/c1-13(2)14-5-3-4-6-15(14)19-17-20-16(11-18-21-17)23-9-7-22(12-24)8-10-23/h3-6,11-13H,7-10H2,1-2H3,(H,19,20,21). The molecule has 7 heteroatoms. The number of piperazine rings is 1. The molecule has 1 saturated heterocycles. The largest absolute Gasteiger partial charge is 0.352 e. The Balaban J connectivity index is 1.76. The van der Waals surface area contributed by atoms with Gasteiger partial charge >= 0.3 is 0 Å². The molecular formula is C17H22N6O. The summed E-state index contributed by atoms with van der Waals surface area (Å²) in [6, 6.07) is 8.14. The van der Waals surface area contributed by atoms with Crippen LogP contribution in [0.3, 0.4) is 0 Å². The number of nitrogens with zero attached hydrogens (tertiary/aromatic N) is 5. The smallest absolute Gasteiger partial charge is 0.249 e. The van der Waals surface area contributed by atoms with Crippen molar-refractivity contribution in [2.75, 3.05) is 36.4 Å². The first-order chi connectivity index (χ1) is 11.7. The average Bonchev–Trinajstić information content (AvgIpc) is 2.62. The fourth-order valence-electron chi connectivity index (χ4n) is 2.79. The van der Waals surface area contributed by atoms with E-state index in [0.717, 1.165) is 31.0 Å². The Hall–Kier alpha value is -2.70. The van der Waals surface area contributed by atoms with Gasteiger partial charge in [0.15, 0.2) is 5.82 Å². The van der Waals surface area contributed by atoms with E-state index in [1.165, 1.54) is 5.56 Å². The van der Waals surface area contributed by atoms with E-state index in [4.69, 9.17) is 0 Å². The number of benzene rings is 1. The van der Waals surface area contributed by atoms with E-state index in [1.807, 2.05) is 18.2 Å². The molecule has 2 aromatic rings. The van der Waals surface area contributed by atoms with Gasteiger partial charge in [-0.15, -0.1) is 5.10 Å². The zero-order chi connectivity index (χ0) is 16.9. The second-order valence-electron chi connectivity index (χ2n) is 6.13. The van der Waals surface area contributed by atoms with Crippen LogP contribution in [-0.4, -0.2) is 52.7 Å². The Kier molecular flexibility index (Phi) is 4.88. The number of hydrogen-bond acceptors (Lipinski definition) is 6. The van der Waals surface area contributed by atoms with Crippen molar-refractivity contribution in [3.63, 3.8) is 0 Å². The van der Waals surface area contributed by atoms with E-state index in [2.05, 4.69) is 45.3 Å². The molecule has 1 amide bonds. The highest BCUT2D eigenvalue weighted by molar-refractivity contribution is 5.60. The van der Waals surface area contributed by atoms with Gasteiger partial charge in [0.1, 0.15) is 0 Å². The molecule has 1 aromatic heterocycles. The van der Waals surface area contributed by atoms with Gasteiger partial charge in [0.25, 0.3) is 0 Å². The van der Waals surface area contributed by atoms with Gasteiger partial charge < -0.3 is 15.1 Å². The molecule has 0 radical (unpaired) electrons. The van der Waals surface area contributed by atoms with Crippen LogP contribution < -0.4 is 10.2 Å². The number of amides is 1. The maximum atomic E-state index is 10.8. The summed E-state index contributed by atoms with van der Waals surface area (Å²) in [5, 5.41) is 11.4. The van der Waals surface area contributed by atoms with Crippen molar-refractivity contribution < 1.29 is 4.79 Å². The monoisotopic (exact) mass is 326 g/mol. The third kappa shape index (κ3) is 3.61. The first-order valence-corrected chi connectivity index (χ1v) is 8.17. The van der Waals surface area contributed by atoms with E-state index in [1.54, 1.807) is 11.1 Å². The first-order valence-electron chi connectivity index (χ1n) is 8.17. The lowest BCUT2D eigenvalue weighted by atomic mass is 10.0. The predicted molar refractivity (Wildman–Crippen MR) is 93.5 cm³/mol. The number of nitrogens with one attached hydrogen (secondary N) is 1. The molecule has 1 aliphatic rings. The van der Waals surface area contributed by atoms with Gasteiger partial charge in [0.2, 0.25) is 12.4 Å². The van der Waals surface area contributed by atoms with Gasteiger partial charge in [-0.3, -0.25) is 4.79 Å².